The van der Waals surface area contributed by atoms with E-state index in [1.54, 1.807) is 24.4 Å². The Bertz CT molecular complexity index is 1010. The van der Waals surface area contributed by atoms with Crippen LogP contribution >= 0.6 is 0 Å². The summed E-state index contributed by atoms with van der Waals surface area (Å²) in [5.41, 5.74) is 2.19. The van der Waals surface area contributed by atoms with Crippen LogP contribution in [0.1, 0.15) is 24.4 Å². The van der Waals surface area contributed by atoms with Crippen LogP contribution in [-0.4, -0.2) is 34.0 Å². The first-order valence-electron chi connectivity index (χ1n) is 8.69. The Morgan fingerprint density at radius 1 is 1.35 bits per heavy atom. The van der Waals surface area contributed by atoms with Gasteiger partial charge in [-0.1, -0.05) is 12.1 Å². The molecule has 1 amide bonds. The normalized spacial score (nSPS) is 17.0. The smallest absolute Gasteiger partial charge is 0.408 e. The fourth-order valence-electron chi connectivity index (χ4n) is 3.59. The van der Waals surface area contributed by atoms with Crippen molar-refractivity contribution < 1.29 is 9.21 Å². The second-order valence-electron chi connectivity index (χ2n) is 6.39. The van der Waals surface area contributed by atoms with Gasteiger partial charge in [-0.05, 0) is 42.7 Å². The second-order valence-corrected chi connectivity index (χ2v) is 6.39. The lowest BCUT2D eigenvalue weighted by Gasteiger charge is -2.25. The fraction of sp³-hybridized carbons (Fsp3) is 0.316. The number of pyridine rings is 1. The van der Waals surface area contributed by atoms with Crippen LogP contribution < -0.4 is 11.1 Å². The van der Waals surface area contributed by atoms with Crippen LogP contribution in [0.25, 0.3) is 11.1 Å². The van der Waals surface area contributed by atoms with E-state index in [2.05, 4.69) is 10.3 Å². The Labute approximate surface area is 150 Å². The molecule has 7 nitrogen and oxygen atoms in total. The van der Waals surface area contributed by atoms with E-state index in [1.807, 2.05) is 30.1 Å². The van der Waals surface area contributed by atoms with E-state index in [0.717, 1.165) is 24.2 Å². The van der Waals surface area contributed by atoms with Gasteiger partial charge in [-0.25, -0.2) is 9.78 Å². The van der Waals surface area contributed by atoms with Crippen LogP contribution in [0.4, 0.5) is 5.82 Å². The van der Waals surface area contributed by atoms with Crippen molar-refractivity contribution in [3.8, 4) is 0 Å². The molecule has 1 saturated heterocycles. The number of carbonyl (C=O) groups excluding carboxylic acids is 1. The molecule has 4 rings (SSSR count). The minimum Gasteiger partial charge on any atom is -0.408 e. The summed E-state index contributed by atoms with van der Waals surface area (Å²) in [6, 6.07) is 11.1. The molecule has 2 aromatic heterocycles. The van der Waals surface area contributed by atoms with E-state index in [4.69, 9.17) is 4.42 Å². The van der Waals surface area contributed by atoms with Gasteiger partial charge in [0.1, 0.15) is 12.4 Å². The number of carbonyl (C=O) groups is 1. The molecule has 3 heterocycles. The summed E-state index contributed by atoms with van der Waals surface area (Å²) < 4.78 is 6.63. The highest BCUT2D eigenvalue weighted by molar-refractivity contribution is 5.80. The molecule has 1 aliphatic rings. The van der Waals surface area contributed by atoms with Crippen molar-refractivity contribution in [2.45, 2.75) is 25.4 Å². The van der Waals surface area contributed by atoms with E-state index in [1.165, 1.54) is 4.57 Å². The maximum atomic E-state index is 12.9. The van der Waals surface area contributed by atoms with Crippen molar-refractivity contribution >= 4 is 22.8 Å². The van der Waals surface area contributed by atoms with Crippen LogP contribution in [0.15, 0.2) is 51.8 Å². The average Bonchev–Trinajstić information content (AvgIpc) is 3.27. The van der Waals surface area contributed by atoms with Gasteiger partial charge in [-0.3, -0.25) is 9.36 Å². The number of benzene rings is 1. The molecule has 1 atom stereocenters. The summed E-state index contributed by atoms with van der Waals surface area (Å²) in [6.07, 6.45) is 3.59. The molecule has 1 aromatic carbocycles. The Kier molecular flexibility index (Phi) is 4.20. The van der Waals surface area contributed by atoms with E-state index in [0.29, 0.717) is 17.6 Å². The minimum absolute atomic E-state index is 0.00599. The van der Waals surface area contributed by atoms with Crippen molar-refractivity contribution in [2.24, 2.45) is 0 Å². The van der Waals surface area contributed by atoms with Gasteiger partial charge in [-0.2, -0.15) is 0 Å². The number of oxazole rings is 1. The molecular weight excluding hydrogens is 332 g/mol. The van der Waals surface area contributed by atoms with Crippen LogP contribution in [0.3, 0.4) is 0 Å². The highest BCUT2D eigenvalue weighted by atomic mass is 16.4. The molecular formula is C19H20N4O3. The lowest BCUT2D eigenvalue weighted by molar-refractivity contribution is -0.132. The number of amides is 1. The summed E-state index contributed by atoms with van der Waals surface area (Å²) in [6.45, 7) is 0.668. The van der Waals surface area contributed by atoms with Gasteiger partial charge in [0.15, 0.2) is 5.58 Å². The van der Waals surface area contributed by atoms with Crippen molar-refractivity contribution in [3.05, 3.63) is 58.7 Å². The largest absolute Gasteiger partial charge is 0.420 e. The molecule has 3 aromatic rings. The lowest BCUT2D eigenvalue weighted by atomic mass is 10.1. The molecule has 0 aliphatic carbocycles. The van der Waals surface area contributed by atoms with Gasteiger partial charge in [-0.15, -0.1) is 0 Å². The van der Waals surface area contributed by atoms with Crippen molar-refractivity contribution in [1.82, 2.24) is 14.5 Å². The number of nitrogens with zero attached hydrogens (tertiary/aromatic N) is 3. The molecule has 0 radical (unpaired) electrons. The van der Waals surface area contributed by atoms with E-state index in [-0.39, 0.29) is 18.5 Å². The first kappa shape index (κ1) is 16.4. The predicted molar refractivity (Wildman–Crippen MR) is 97.9 cm³/mol. The number of fused-ring (bicyclic) bond motifs is 1. The fourth-order valence-corrected chi connectivity index (χ4v) is 3.59. The molecule has 0 spiro atoms. The molecule has 26 heavy (non-hydrogen) atoms. The highest BCUT2D eigenvalue weighted by Crippen LogP contribution is 2.32. The topological polar surface area (TPSA) is 80.4 Å². The molecule has 1 aliphatic heterocycles. The Hall–Kier alpha value is -3.09. The quantitative estimate of drug-likeness (QED) is 0.780. The van der Waals surface area contributed by atoms with Crippen LogP contribution in [0, 0.1) is 0 Å². The average molecular weight is 352 g/mol. The third-order valence-corrected chi connectivity index (χ3v) is 4.87. The van der Waals surface area contributed by atoms with Crippen molar-refractivity contribution in [3.63, 3.8) is 0 Å². The molecule has 0 saturated carbocycles. The monoisotopic (exact) mass is 352 g/mol. The zero-order chi connectivity index (χ0) is 18.1. The number of hydrogen-bond donors (Lipinski definition) is 1. The van der Waals surface area contributed by atoms with Gasteiger partial charge in [0.05, 0.1) is 11.6 Å². The summed E-state index contributed by atoms with van der Waals surface area (Å²) in [7, 11) is 1.82. The Morgan fingerprint density at radius 2 is 2.19 bits per heavy atom. The SMILES string of the molecule is CNc1cc(C2CCCN2C(=O)Cn2c(=O)oc3ccccc32)ccn1. The number of nitrogens with one attached hydrogen (secondary N) is 1. The third-order valence-electron chi connectivity index (χ3n) is 4.87. The maximum absolute atomic E-state index is 12.9. The predicted octanol–water partition coefficient (Wildman–Crippen LogP) is 2.39. The van der Waals surface area contributed by atoms with Crippen molar-refractivity contribution in [1.29, 1.82) is 0 Å². The number of likely N-dealkylation sites (tertiary alicyclic amines) is 1. The molecule has 1 unspecified atom stereocenters. The second kappa shape index (κ2) is 6.67. The van der Waals surface area contributed by atoms with E-state index < -0.39 is 5.76 Å². The Morgan fingerprint density at radius 3 is 3.04 bits per heavy atom. The lowest BCUT2D eigenvalue weighted by Crippen LogP contribution is -2.35. The zero-order valence-corrected chi connectivity index (χ0v) is 14.5. The first-order chi connectivity index (χ1) is 12.7. The Balaban J connectivity index is 1.60. The summed E-state index contributed by atoms with van der Waals surface area (Å²) in [5, 5.41) is 3.03. The summed E-state index contributed by atoms with van der Waals surface area (Å²) in [4.78, 5) is 31.2. The zero-order valence-electron chi connectivity index (χ0n) is 14.5. The number of para-hydroxylation sites is 2. The number of rotatable bonds is 4. The van der Waals surface area contributed by atoms with Gasteiger partial charge < -0.3 is 14.6 Å². The van der Waals surface area contributed by atoms with Crippen LogP contribution in [0.2, 0.25) is 0 Å². The molecule has 7 heteroatoms. The first-order valence-corrected chi connectivity index (χ1v) is 8.69. The third kappa shape index (κ3) is 2.85. The summed E-state index contributed by atoms with van der Waals surface area (Å²) >= 11 is 0. The van der Waals surface area contributed by atoms with Crippen LogP contribution in [-0.2, 0) is 11.3 Å². The molecule has 1 fully saturated rings. The number of anilines is 1. The minimum atomic E-state index is -0.503. The van der Waals surface area contributed by atoms with Crippen LogP contribution in [0.5, 0.6) is 0 Å². The van der Waals surface area contributed by atoms with Gasteiger partial charge in [0.25, 0.3) is 0 Å². The van der Waals surface area contributed by atoms with Crippen molar-refractivity contribution in [2.75, 3.05) is 18.9 Å². The number of aromatic nitrogens is 2. The van der Waals surface area contributed by atoms with Gasteiger partial charge in [0, 0.05) is 19.8 Å². The maximum Gasteiger partial charge on any atom is 0.420 e. The summed E-state index contributed by atoms with van der Waals surface area (Å²) in [5.74, 6) is 0.194. The number of hydrogen-bond acceptors (Lipinski definition) is 5. The van der Waals surface area contributed by atoms with E-state index >= 15 is 0 Å². The molecule has 134 valence electrons. The van der Waals surface area contributed by atoms with Gasteiger partial charge in [0.2, 0.25) is 5.91 Å². The highest BCUT2D eigenvalue weighted by Gasteiger charge is 2.30. The van der Waals surface area contributed by atoms with E-state index in [9.17, 15) is 9.59 Å². The molecule has 1 N–H and O–H groups in total. The standard InChI is InChI=1S/C19H20N4O3/c1-20-17-11-13(8-9-21-17)14-6-4-10-22(14)18(24)12-23-15-5-2-3-7-16(15)26-19(23)25/h2-3,5,7-9,11,14H,4,6,10,12H2,1H3,(H,20,21). The molecule has 0 bridgehead atoms. The van der Waals surface area contributed by atoms with Gasteiger partial charge >= 0.3 is 5.76 Å².